The number of thiophene rings is 1. The summed E-state index contributed by atoms with van der Waals surface area (Å²) in [5.74, 6) is 0.209. The molecule has 0 N–H and O–H groups in total. The van der Waals surface area contributed by atoms with Crippen LogP contribution >= 0.6 is 11.3 Å². The van der Waals surface area contributed by atoms with Crippen LogP contribution in [0.25, 0.3) is 42.4 Å². The van der Waals surface area contributed by atoms with E-state index in [9.17, 15) is 0 Å². The van der Waals surface area contributed by atoms with Crippen LogP contribution in [-0.4, -0.2) is 0 Å². The van der Waals surface area contributed by atoms with Crippen molar-refractivity contribution in [3.05, 3.63) is 216 Å². The Labute approximate surface area is 302 Å². The molecule has 1 unspecified atom stereocenters. The molecule has 1 spiro atoms. The topological polar surface area (TPSA) is 3.24 Å². The third-order valence-corrected chi connectivity index (χ3v) is 12.6. The van der Waals surface area contributed by atoms with Gasteiger partial charge < -0.3 is 4.90 Å². The van der Waals surface area contributed by atoms with E-state index in [1.807, 2.05) is 11.3 Å². The first kappa shape index (κ1) is 28.8. The van der Waals surface area contributed by atoms with E-state index in [1.165, 1.54) is 87.3 Å². The van der Waals surface area contributed by atoms with E-state index < -0.39 is 5.41 Å². The average molecular weight is 668 g/mol. The van der Waals surface area contributed by atoms with Gasteiger partial charge in [-0.05, 0) is 87.3 Å². The molecule has 0 aliphatic heterocycles. The predicted octanol–water partition coefficient (Wildman–Crippen LogP) is 13.2. The smallest absolute Gasteiger partial charge is 0.0726 e. The SMILES string of the molecule is C1=CCC(c2ccccc2)C(N(c2ccc3sc4ccccc4c3c2)c2cccc3c2-c2ccccc2C32c3ccccc3-c3ccccc32)=C1. The molecule has 240 valence electrons. The normalized spacial score (nSPS) is 16.2. The summed E-state index contributed by atoms with van der Waals surface area (Å²) in [6.45, 7) is 0. The van der Waals surface area contributed by atoms with Gasteiger partial charge in [-0.3, -0.25) is 0 Å². The van der Waals surface area contributed by atoms with Crippen LogP contribution in [0.3, 0.4) is 0 Å². The lowest BCUT2D eigenvalue weighted by atomic mass is 9.70. The molecule has 0 saturated carbocycles. The summed E-state index contributed by atoms with van der Waals surface area (Å²) in [6.07, 6.45) is 7.88. The lowest BCUT2D eigenvalue weighted by Crippen LogP contribution is -2.26. The number of rotatable bonds is 4. The zero-order valence-corrected chi connectivity index (χ0v) is 28.8. The zero-order valence-electron chi connectivity index (χ0n) is 28.0. The zero-order chi connectivity index (χ0) is 33.5. The number of allylic oxidation sites excluding steroid dienone is 4. The van der Waals surface area contributed by atoms with E-state index in [-0.39, 0.29) is 5.92 Å². The second-order valence-electron chi connectivity index (χ2n) is 13.9. The van der Waals surface area contributed by atoms with Gasteiger partial charge in [-0.25, -0.2) is 0 Å². The van der Waals surface area contributed by atoms with E-state index in [4.69, 9.17) is 0 Å². The van der Waals surface area contributed by atoms with Gasteiger partial charge in [-0.15, -0.1) is 11.3 Å². The molecule has 0 radical (unpaired) electrons. The van der Waals surface area contributed by atoms with Crippen molar-refractivity contribution in [2.24, 2.45) is 0 Å². The molecule has 1 atom stereocenters. The number of hydrogen-bond acceptors (Lipinski definition) is 2. The minimum absolute atomic E-state index is 0.209. The standard InChI is InChI=1S/C49H33NS/c1-2-15-32(16-3-1)34-17-7-12-26-44(34)50(33-29-30-47-39(31-33)37-20-8-13-28-46(37)51-47)45-27-14-25-43-48(45)38-21-6-11-24-42(38)49(43)40-22-9-4-18-35(40)36-19-5-10-23-41(36)49/h1-16,18-31,34H,17H2. The molecule has 1 heterocycles. The first-order valence-electron chi connectivity index (χ1n) is 17.9. The van der Waals surface area contributed by atoms with Crippen LogP contribution in [0.5, 0.6) is 0 Å². The van der Waals surface area contributed by atoms with Crippen LogP contribution in [0.4, 0.5) is 11.4 Å². The van der Waals surface area contributed by atoms with E-state index in [2.05, 4.69) is 187 Å². The number of nitrogens with zero attached hydrogens (tertiary/aromatic N) is 1. The largest absolute Gasteiger partial charge is 0.313 e. The van der Waals surface area contributed by atoms with Crippen LogP contribution in [0.1, 0.15) is 40.2 Å². The summed E-state index contributed by atoms with van der Waals surface area (Å²) >= 11 is 1.88. The lowest BCUT2D eigenvalue weighted by molar-refractivity contribution is 0.773. The van der Waals surface area contributed by atoms with Gasteiger partial charge in [-0.2, -0.15) is 0 Å². The Morgan fingerprint density at radius 3 is 1.94 bits per heavy atom. The van der Waals surface area contributed by atoms with Crippen molar-refractivity contribution >= 4 is 42.9 Å². The van der Waals surface area contributed by atoms with Crippen LogP contribution in [0.15, 0.2) is 188 Å². The van der Waals surface area contributed by atoms with Crippen LogP contribution in [0.2, 0.25) is 0 Å². The molecule has 8 aromatic rings. The summed E-state index contributed by atoms with van der Waals surface area (Å²) in [5, 5.41) is 2.63. The van der Waals surface area contributed by atoms with Crippen LogP contribution in [0, 0.1) is 0 Å². The van der Waals surface area contributed by atoms with E-state index in [0.29, 0.717) is 0 Å². The number of hydrogen-bond donors (Lipinski definition) is 0. The second kappa shape index (κ2) is 11.0. The first-order chi connectivity index (χ1) is 25.3. The molecular weight excluding hydrogens is 635 g/mol. The Morgan fingerprint density at radius 1 is 0.529 bits per heavy atom. The maximum atomic E-state index is 2.59. The third kappa shape index (κ3) is 3.97. The van der Waals surface area contributed by atoms with Gasteiger partial charge in [0.15, 0.2) is 0 Å². The van der Waals surface area contributed by atoms with E-state index in [0.717, 1.165) is 6.42 Å². The highest BCUT2D eigenvalue weighted by Gasteiger charge is 2.52. The molecule has 3 aliphatic rings. The van der Waals surface area contributed by atoms with Crippen LogP contribution in [-0.2, 0) is 5.41 Å². The first-order valence-corrected chi connectivity index (χ1v) is 18.7. The van der Waals surface area contributed by atoms with Gasteiger partial charge in [0.1, 0.15) is 0 Å². The fraction of sp³-hybridized carbons (Fsp3) is 0.0612. The van der Waals surface area contributed by atoms with Crippen molar-refractivity contribution in [3.63, 3.8) is 0 Å². The Hall–Kier alpha value is -5.96. The monoisotopic (exact) mass is 667 g/mol. The fourth-order valence-electron chi connectivity index (χ4n) is 9.43. The molecular formula is C49H33NS. The summed E-state index contributed by atoms with van der Waals surface area (Å²) < 4.78 is 2.65. The molecule has 7 aromatic carbocycles. The molecule has 0 saturated heterocycles. The Balaban J connectivity index is 1.23. The van der Waals surface area contributed by atoms with Gasteiger partial charge in [0.2, 0.25) is 0 Å². The highest BCUT2D eigenvalue weighted by Crippen LogP contribution is 2.64. The quantitative estimate of drug-likeness (QED) is 0.181. The lowest BCUT2D eigenvalue weighted by Gasteiger charge is -2.36. The molecule has 2 heteroatoms. The second-order valence-corrected chi connectivity index (χ2v) is 15.0. The van der Waals surface area contributed by atoms with Gasteiger partial charge >= 0.3 is 0 Å². The molecule has 1 aromatic heterocycles. The minimum atomic E-state index is -0.395. The van der Waals surface area contributed by atoms with Gasteiger partial charge in [0, 0.05) is 43.0 Å². The minimum Gasteiger partial charge on any atom is -0.313 e. The highest BCUT2D eigenvalue weighted by molar-refractivity contribution is 7.25. The highest BCUT2D eigenvalue weighted by atomic mass is 32.1. The van der Waals surface area contributed by atoms with Crippen molar-refractivity contribution in [3.8, 4) is 22.3 Å². The molecule has 51 heavy (non-hydrogen) atoms. The molecule has 0 amide bonds. The number of anilines is 2. The summed E-state index contributed by atoms with van der Waals surface area (Å²) in [5.41, 5.74) is 15.4. The predicted molar refractivity (Wildman–Crippen MR) is 215 cm³/mol. The molecule has 1 nitrogen and oxygen atoms in total. The van der Waals surface area contributed by atoms with Crippen molar-refractivity contribution < 1.29 is 0 Å². The number of benzene rings is 7. The Kier molecular flexibility index (Phi) is 6.23. The summed E-state index contributed by atoms with van der Waals surface area (Å²) in [7, 11) is 0. The van der Waals surface area contributed by atoms with Crippen LogP contribution < -0.4 is 4.90 Å². The van der Waals surface area contributed by atoms with Crippen molar-refractivity contribution in [1.82, 2.24) is 0 Å². The van der Waals surface area contributed by atoms with Crippen molar-refractivity contribution in [2.75, 3.05) is 4.90 Å². The molecule has 0 fully saturated rings. The molecule has 11 rings (SSSR count). The van der Waals surface area contributed by atoms with Crippen molar-refractivity contribution in [1.29, 1.82) is 0 Å². The van der Waals surface area contributed by atoms with Gasteiger partial charge in [-0.1, -0.05) is 146 Å². The van der Waals surface area contributed by atoms with E-state index >= 15 is 0 Å². The van der Waals surface area contributed by atoms with Crippen molar-refractivity contribution in [2.45, 2.75) is 17.8 Å². The Bertz CT molecular complexity index is 2700. The average Bonchev–Trinajstić information content (AvgIpc) is 3.83. The third-order valence-electron chi connectivity index (χ3n) is 11.5. The number of fused-ring (bicyclic) bond motifs is 13. The fourth-order valence-corrected chi connectivity index (χ4v) is 10.5. The maximum Gasteiger partial charge on any atom is 0.0726 e. The van der Waals surface area contributed by atoms with Gasteiger partial charge in [0.05, 0.1) is 11.1 Å². The molecule has 3 aliphatic carbocycles. The van der Waals surface area contributed by atoms with E-state index in [1.54, 1.807) is 0 Å². The summed E-state index contributed by atoms with van der Waals surface area (Å²) in [4.78, 5) is 2.59. The summed E-state index contributed by atoms with van der Waals surface area (Å²) in [6, 6.07) is 61.4. The maximum absolute atomic E-state index is 2.59. The van der Waals surface area contributed by atoms with Gasteiger partial charge in [0.25, 0.3) is 0 Å². The Morgan fingerprint density at radius 2 is 1.16 bits per heavy atom. The molecule has 0 bridgehead atoms.